The molecule has 8 heteroatoms. The van der Waals surface area contributed by atoms with Gasteiger partial charge in [-0.1, -0.05) is 18.2 Å². The van der Waals surface area contributed by atoms with Gasteiger partial charge in [-0.15, -0.1) is 10.2 Å². The van der Waals surface area contributed by atoms with Crippen LogP contribution in [0.1, 0.15) is 40.7 Å². The predicted octanol–water partition coefficient (Wildman–Crippen LogP) is 4.67. The number of anilines is 1. The number of rotatable bonds is 3. The van der Waals surface area contributed by atoms with Crippen LogP contribution in [0.15, 0.2) is 48.5 Å². The van der Waals surface area contributed by atoms with E-state index in [4.69, 9.17) is 4.74 Å². The van der Waals surface area contributed by atoms with Gasteiger partial charge in [-0.05, 0) is 43.2 Å². The van der Waals surface area contributed by atoms with Crippen LogP contribution in [0.25, 0.3) is 11.3 Å². The summed E-state index contributed by atoms with van der Waals surface area (Å²) in [6, 6.07) is 13.9. The van der Waals surface area contributed by atoms with Crippen LogP contribution in [-0.2, 0) is 0 Å². The predicted molar refractivity (Wildman–Crippen MR) is 124 cm³/mol. The molecular formula is C25H24N4O4. The maximum atomic E-state index is 12.9. The first-order valence-corrected chi connectivity index (χ1v) is 11.0. The second kappa shape index (κ2) is 7.95. The number of aryl methyl sites for hydroxylation is 1. The Bertz CT molecular complexity index is 1250. The molecule has 0 unspecified atom stereocenters. The molecule has 0 bridgehead atoms. The average molecular weight is 444 g/mol. The summed E-state index contributed by atoms with van der Waals surface area (Å²) in [6.45, 7) is 5.45. The highest BCUT2D eigenvalue weighted by atomic mass is 16.6. The molecule has 2 aromatic carbocycles. The smallest absolute Gasteiger partial charge is 0.270 e. The Morgan fingerprint density at radius 2 is 1.85 bits per heavy atom. The van der Waals surface area contributed by atoms with E-state index in [1.54, 1.807) is 12.1 Å². The zero-order valence-electron chi connectivity index (χ0n) is 18.6. The van der Waals surface area contributed by atoms with Crippen molar-refractivity contribution >= 4 is 17.3 Å². The Kier molecular flexibility index (Phi) is 5.08. The number of carbonyl (C=O) groups excluding carboxylic acids is 1. The van der Waals surface area contributed by atoms with E-state index in [1.165, 1.54) is 12.1 Å². The molecule has 5 rings (SSSR count). The van der Waals surface area contributed by atoms with E-state index in [9.17, 15) is 14.9 Å². The Balaban J connectivity index is 1.31. The molecule has 3 aromatic rings. The molecule has 3 heterocycles. The van der Waals surface area contributed by atoms with Gasteiger partial charge < -0.3 is 9.64 Å². The van der Waals surface area contributed by atoms with Crippen LogP contribution in [0.3, 0.4) is 0 Å². The van der Waals surface area contributed by atoms with Gasteiger partial charge in [0.25, 0.3) is 5.69 Å². The van der Waals surface area contributed by atoms with Crippen LogP contribution in [-0.4, -0.2) is 39.6 Å². The van der Waals surface area contributed by atoms with Crippen molar-refractivity contribution in [2.75, 3.05) is 18.0 Å². The summed E-state index contributed by atoms with van der Waals surface area (Å²) in [5, 5.41) is 19.7. The Labute approximate surface area is 191 Å². The minimum atomic E-state index is -0.477. The largest absolute Gasteiger partial charge is 0.486 e. The number of nitrogens with zero attached hydrogens (tertiary/aromatic N) is 4. The molecule has 1 aromatic heterocycles. The lowest BCUT2D eigenvalue weighted by atomic mass is 9.81. The standard InChI is InChI=1S/C25H24N4O4/c1-16-6-7-20-22(30)15-25(33-24(20)17(16)2)10-12-28(13-11-25)23-9-8-21(26-27-23)18-4-3-5-19(14-18)29(31)32/h3-9,14H,10-13,15H2,1-2H3. The maximum absolute atomic E-state index is 12.9. The quantitative estimate of drug-likeness (QED) is 0.427. The van der Waals surface area contributed by atoms with Gasteiger partial charge in [0.15, 0.2) is 11.6 Å². The molecule has 0 amide bonds. The second-order valence-electron chi connectivity index (χ2n) is 8.84. The van der Waals surface area contributed by atoms with E-state index >= 15 is 0 Å². The van der Waals surface area contributed by atoms with Crippen molar-refractivity contribution in [2.45, 2.75) is 38.7 Å². The van der Waals surface area contributed by atoms with E-state index in [0.717, 1.165) is 35.5 Å². The van der Waals surface area contributed by atoms with Gasteiger partial charge in [-0.3, -0.25) is 14.9 Å². The third kappa shape index (κ3) is 3.82. The molecule has 2 aliphatic heterocycles. The topological polar surface area (TPSA) is 98.5 Å². The molecule has 1 fully saturated rings. The average Bonchev–Trinajstić information content (AvgIpc) is 2.82. The molecule has 2 aliphatic rings. The molecule has 1 saturated heterocycles. The van der Waals surface area contributed by atoms with E-state index < -0.39 is 10.5 Å². The van der Waals surface area contributed by atoms with Gasteiger partial charge in [0.05, 0.1) is 22.6 Å². The fraction of sp³-hybridized carbons (Fsp3) is 0.320. The maximum Gasteiger partial charge on any atom is 0.270 e. The molecule has 0 atom stereocenters. The summed E-state index contributed by atoms with van der Waals surface area (Å²) in [7, 11) is 0. The summed E-state index contributed by atoms with van der Waals surface area (Å²) in [5.74, 6) is 1.63. The summed E-state index contributed by atoms with van der Waals surface area (Å²) in [6.07, 6.45) is 1.84. The summed E-state index contributed by atoms with van der Waals surface area (Å²) in [4.78, 5) is 25.6. The highest BCUT2D eigenvalue weighted by Crippen LogP contribution is 2.42. The number of aromatic nitrogens is 2. The molecule has 33 heavy (non-hydrogen) atoms. The minimum absolute atomic E-state index is 0.0220. The number of hydrogen-bond acceptors (Lipinski definition) is 7. The number of carbonyl (C=O) groups is 1. The van der Waals surface area contributed by atoms with Crippen molar-refractivity contribution in [3.63, 3.8) is 0 Å². The van der Waals surface area contributed by atoms with Gasteiger partial charge >= 0.3 is 0 Å². The number of hydrogen-bond donors (Lipinski definition) is 0. The lowest BCUT2D eigenvalue weighted by Gasteiger charge is -2.44. The highest BCUT2D eigenvalue weighted by Gasteiger charge is 2.43. The van der Waals surface area contributed by atoms with Gasteiger partial charge in [0.1, 0.15) is 11.4 Å². The number of piperidine rings is 1. The number of benzene rings is 2. The van der Waals surface area contributed by atoms with E-state index in [2.05, 4.69) is 15.1 Å². The number of fused-ring (bicyclic) bond motifs is 1. The van der Waals surface area contributed by atoms with Crippen molar-refractivity contribution in [1.82, 2.24) is 10.2 Å². The molecule has 0 radical (unpaired) electrons. The van der Waals surface area contributed by atoms with Crippen LogP contribution in [0.5, 0.6) is 5.75 Å². The number of non-ortho nitro benzene ring substituents is 1. The van der Waals surface area contributed by atoms with E-state index in [0.29, 0.717) is 36.3 Å². The van der Waals surface area contributed by atoms with Gasteiger partial charge in [-0.25, -0.2) is 0 Å². The van der Waals surface area contributed by atoms with E-state index in [-0.39, 0.29) is 11.5 Å². The normalized spacial score (nSPS) is 16.9. The Morgan fingerprint density at radius 1 is 1.06 bits per heavy atom. The van der Waals surface area contributed by atoms with Crippen LogP contribution >= 0.6 is 0 Å². The lowest BCUT2D eigenvalue weighted by Crippen LogP contribution is -2.51. The number of nitro benzene ring substituents is 1. The molecule has 0 N–H and O–H groups in total. The molecule has 8 nitrogen and oxygen atoms in total. The van der Waals surface area contributed by atoms with Gasteiger partial charge in [0.2, 0.25) is 0 Å². The van der Waals surface area contributed by atoms with E-state index in [1.807, 2.05) is 38.1 Å². The first kappa shape index (κ1) is 21.1. The van der Waals surface area contributed by atoms with Crippen molar-refractivity contribution in [2.24, 2.45) is 0 Å². The van der Waals surface area contributed by atoms with Crippen molar-refractivity contribution < 1.29 is 14.5 Å². The molecular weight excluding hydrogens is 420 g/mol. The third-order valence-corrected chi connectivity index (χ3v) is 6.78. The SMILES string of the molecule is Cc1ccc2c(c1C)OC1(CCN(c3ccc(-c4cccc([N+](=O)[O-])c4)nn3)CC1)CC2=O. The van der Waals surface area contributed by atoms with Crippen molar-refractivity contribution in [1.29, 1.82) is 0 Å². The number of ketones is 1. The number of Topliss-reactive ketones (excluding diaryl/α,β-unsaturated/α-hetero) is 1. The van der Waals surface area contributed by atoms with Crippen LogP contribution in [0, 0.1) is 24.0 Å². The molecule has 0 saturated carbocycles. The highest BCUT2D eigenvalue weighted by molar-refractivity contribution is 6.01. The van der Waals surface area contributed by atoms with Gasteiger partial charge in [-0.2, -0.15) is 0 Å². The summed E-state index contributed by atoms with van der Waals surface area (Å²) in [5.41, 5.74) is 3.62. The minimum Gasteiger partial charge on any atom is -0.486 e. The van der Waals surface area contributed by atoms with Gasteiger partial charge in [0, 0.05) is 43.6 Å². The summed E-state index contributed by atoms with van der Waals surface area (Å²) >= 11 is 0. The monoisotopic (exact) mass is 444 g/mol. The first-order valence-electron chi connectivity index (χ1n) is 11.0. The molecule has 0 aliphatic carbocycles. The fourth-order valence-electron chi connectivity index (χ4n) is 4.63. The Morgan fingerprint density at radius 3 is 2.55 bits per heavy atom. The van der Waals surface area contributed by atoms with Crippen LogP contribution in [0.4, 0.5) is 11.5 Å². The number of nitro groups is 1. The third-order valence-electron chi connectivity index (χ3n) is 6.78. The second-order valence-corrected chi connectivity index (χ2v) is 8.84. The summed E-state index contributed by atoms with van der Waals surface area (Å²) < 4.78 is 6.50. The van der Waals surface area contributed by atoms with Crippen LogP contribution < -0.4 is 9.64 Å². The van der Waals surface area contributed by atoms with Crippen LogP contribution in [0.2, 0.25) is 0 Å². The fourth-order valence-corrected chi connectivity index (χ4v) is 4.63. The molecule has 1 spiro atoms. The zero-order valence-corrected chi connectivity index (χ0v) is 18.6. The zero-order chi connectivity index (χ0) is 23.2. The van der Waals surface area contributed by atoms with Crippen molar-refractivity contribution in [3.8, 4) is 17.0 Å². The lowest BCUT2D eigenvalue weighted by molar-refractivity contribution is -0.384. The number of ether oxygens (including phenoxy) is 1. The first-order chi connectivity index (χ1) is 15.8. The molecule has 168 valence electrons. The van der Waals surface area contributed by atoms with Crippen molar-refractivity contribution in [3.05, 3.63) is 75.3 Å². The Hall–Kier alpha value is -3.81.